The fourth-order valence-corrected chi connectivity index (χ4v) is 6.18. The highest BCUT2D eigenvalue weighted by Gasteiger charge is 2.38. The zero-order chi connectivity index (χ0) is 33.1. The van der Waals surface area contributed by atoms with Gasteiger partial charge in [0.1, 0.15) is 17.7 Å². The summed E-state index contributed by atoms with van der Waals surface area (Å²) in [5, 5.41) is 5.29. The lowest BCUT2D eigenvalue weighted by Crippen LogP contribution is -2.38. The summed E-state index contributed by atoms with van der Waals surface area (Å²) >= 11 is 0. The average molecular weight is 647 g/mol. The van der Waals surface area contributed by atoms with E-state index in [2.05, 4.69) is 15.4 Å². The predicted octanol–water partition coefficient (Wildman–Crippen LogP) is 4.18. The minimum atomic E-state index is -3.79. The Hall–Kier alpha value is -4.92. The van der Waals surface area contributed by atoms with Gasteiger partial charge in [-0.25, -0.2) is 22.0 Å². The highest BCUT2D eigenvalue weighted by molar-refractivity contribution is 7.90. The molecule has 15 heteroatoms. The number of anilines is 2. The van der Waals surface area contributed by atoms with Crippen molar-refractivity contribution in [2.45, 2.75) is 29.8 Å². The van der Waals surface area contributed by atoms with Crippen molar-refractivity contribution in [3.05, 3.63) is 76.9 Å². The molecule has 4 N–H and O–H groups in total. The van der Waals surface area contributed by atoms with E-state index in [1.165, 1.54) is 56.6 Å². The minimum absolute atomic E-state index is 0.0473. The van der Waals surface area contributed by atoms with E-state index in [1.807, 2.05) is 0 Å². The molecule has 1 saturated heterocycles. The second-order valence-corrected chi connectivity index (χ2v) is 12.2. The number of carbonyl (C=O) groups is 3. The molecular weight excluding hydrogens is 614 g/mol. The maximum atomic E-state index is 15.0. The van der Waals surface area contributed by atoms with Crippen molar-refractivity contribution >= 4 is 39.1 Å². The zero-order valence-corrected chi connectivity index (χ0v) is 25.7. The number of hydrogen-bond donors (Lipinski definition) is 3. The number of halogens is 2. The van der Waals surface area contributed by atoms with Gasteiger partial charge in [0.2, 0.25) is 5.91 Å². The van der Waals surface area contributed by atoms with E-state index >= 15 is 4.39 Å². The molecule has 4 rings (SSSR count). The topological polar surface area (TPSA) is 166 Å². The van der Waals surface area contributed by atoms with Gasteiger partial charge < -0.3 is 30.2 Å². The maximum Gasteiger partial charge on any atom is 0.411 e. The summed E-state index contributed by atoms with van der Waals surface area (Å²) in [5.41, 5.74) is 5.08. The molecule has 45 heavy (non-hydrogen) atoms. The number of hydrogen-bond acceptors (Lipinski definition) is 9. The Morgan fingerprint density at radius 3 is 2.31 bits per heavy atom. The van der Waals surface area contributed by atoms with Gasteiger partial charge in [0, 0.05) is 24.6 Å². The van der Waals surface area contributed by atoms with Crippen molar-refractivity contribution < 1.29 is 45.8 Å². The van der Waals surface area contributed by atoms with E-state index in [-0.39, 0.29) is 39.7 Å². The average Bonchev–Trinajstić information content (AvgIpc) is 3.49. The molecule has 3 aromatic carbocycles. The van der Waals surface area contributed by atoms with Gasteiger partial charge in [-0.15, -0.1) is 0 Å². The van der Waals surface area contributed by atoms with Crippen molar-refractivity contribution in [2.75, 3.05) is 44.8 Å². The molecule has 1 aliphatic heterocycles. The first-order chi connectivity index (χ1) is 21.3. The number of benzene rings is 3. The summed E-state index contributed by atoms with van der Waals surface area (Å²) < 4.78 is 70.2. The number of nitrogens with zero attached hydrogens (tertiary/aromatic N) is 1. The number of primary amides is 1. The van der Waals surface area contributed by atoms with E-state index in [9.17, 15) is 27.2 Å². The number of likely N-dealkylation sites (tertiary alicyclic amines) is 1. The number of nitrogens with one attached hydrogen (secondary N) is 2. The number of sulfone groups is 1. The molecule has 0 aliphatic carbocycles. The summed E-state index contributed by atoms with van der Waals surface area (Å²) in [6.07, 6.45) is 1.11. The van der Waals surface area contributed by atoms with Crippen LogP contribution in [0.4, 0.5) is 25.0 Å². The van der Waals surface area contributed by atoms with Crippen molar-refractivity contribution in [3.63, 3.8) is 0 Å². The number of carbonyl (C=O) groups excluding carboxylic acids is 3. The molecule has 2 atom stereocenters. The van der Waals surface area contributed by atoms with E-state index in [4.69, 9.17) is 15.2 Å². The monoisotopic (exact) mass is 646 g/mol. The third kappa shape index (κ3) is 7.09. The molecule has 240 valence electrons. The van der Waals surface area contributed by atoms with Crippen LogP contribution < -0.4 is 25.8 Å². The first-order valence-electron chi connectivity index (χ1n) is 13.6. The van der Waals surface area contributed by atoms with Gasteiger partial charge in [-0.1, -0.05) is 6.07 Å². The van der Waals surface area contributed by atoms with Gasteiger partial charge in [-0.3, -0.25) is 14.9 Å². The molecule has 0 saturated carbocycles. The Balaban J connectivity index is 1.84. The molecule has 0 aromatic heterocycles. The van der Waals surface area contributed by atoms with Crippen molar-refractivity contribution in [3.8, 4) is 11.5 Å². The number of amides is 3. The molecule has 1 heterocycles. The number of ether oxygens (including phenoxy) is 3. The molecular formula is C30H32F2N4O8S. The molecule has 0 radical (unpaired) electrons. The lowest BCUT2D eigenvalue weighted by atomic mass is 10.00. The summed E-state index contributed by atoms with van der Waals surface area (Å²) in [6, 6.07) is 8.02. The van der Waals surface area contributed by atoms with Gasteiger partial charge >= 0.3 is 6.09 Å². The number of methoxy groups -OCH3 is 3. The van der Waals surface area contributed by atoms with E-state index in [0.717, 1.165) is 12.3 Å². The first kappa shape index (κ1) is 33.0. The fraction of sp³-hybridized carbons (Fsp3) is 0.300. The van der Waals surface area contributed by atoms with Crippen LogP contribution in [0.2, 0.25) is 0 Å². The van der Waals surface area contributed by atoms with Gasteiger partial charge in [0.05, 0.1) is 43.5 Å². The molecule has 12 nitrogen and oxygen atoms in total. The normalized spacial score (nSPS) is 15.2. The largest absolute Gasteiger partial charge is 0.493 e. The second kappa shape index (κ2) is 13.4. The van der Waals surface area contributed by atoms with Crippen molar-refractivity contribution in [2.24, 2.45) is 5.73 Å². The zero-order valence-electron chi connectivity index (χ0n) is 24.8. The summed E-state index contributed by atoms with van der Waals surface area (Å²) in [6.45, 7) is 0.200. The molecule has 0 bridgehead atoms. The van der Waals surface area contributed by atoms with Crippen LogP contribution >= 0.6 is 0 Å². The lowest BCUT2D eigenvalue weighted by molar-refractivity contribution is -0.133. The Bertz CT molecular complexity index is 1750. The Labute approximate surface area is 258 Å². The van der Waals surface area contributed by atoms with Crippen molar-refractivity contribution in [1.82, 2.24) is 4.90 Å². The quantitative estimate of drug-likeness (QED) is 0.293. The molecule has 0 spiro atoms. The van der Waals surface area contributed by atoms with Gasteiger partial charge in [-0.05, 0) is 60.4 Å². The highest BCUT2D eigenvalue weighted by Crippen LogP contribution is 2.40. The third-order valence-electron chi connectivity index (χ3n) is 7.35. The van der Waals surface area contributed by atoms with Crippen LogP contribution in [0.1, 0.15) is 46.4 Å². The summed E-state index contributed by atoms with van der Waals surface area (Å²) in [4.78, 5) is 39.5. The highest BCUT2D eigenvalue weighted by atomic mass is 32.2. The van der Waals surface area contributed by atoms with E-state index in [1.54, 1.807) is 6.07 Å². The first-order valence-corrected chi connectivity index (χ1v) is 15.4. The Kier molecular flexibility index (Phi) is 9.81. The smallest absolute Gasteiger partial charge is 0.411 e. The molecule has 3 aromatic rings. The fourth-order valence-electron chi connectivity index (χ4n) is 5.24. The van der Waals surface area contributed by atoms with Crippen LogP contribution in [0.15, 0.2) is 53.4 Å². The van der Waals surface area contributed by atoms with Crippen LogP contribution in [0.5, 0.6) is 11.5 Å². The summed E-state index contributed by atoms with van der Waals surface area (Å²) in [5.74, 6) is -3.39. The number of nitrogens with two attached hydrogens (primary N) is 1. The van der Waals surface area contributed by atoms with Crippen LogP contribution in [-0.2, 0) is 19.4 Å². The Morgan fingerprint density at radius 2 is 1.69 bits per heavy atom. The maximum absolute atomic E-state index is 15.0. The van der Waals surface area contributed by atoms with Crippen LogP contribution in [0, 0.1) is 11.6 Å². The van der Waals surface area contributed by atoms with Crippen LogP contribution in [0.25, 0.3) is 0 Å². The summed E-state index contributed by atoms with van der Waals surface area (Å²) in [7, 11) is 0.206. The predicted molar refractivity (Wildman–Crippen MR) is 160 cm³/mol. The number of rotatable bonds is 10. The van der Waals surface area contributed by atoms with E-state index < -0.39 is 57.0 Å². The SMILES string of the molecule is COC(=O)Nc1ccc(S(C)(=O)=O)c([C@H]2CCCN2C(=O)[C@@H](Nc2cc(C(N)=O)c(F)cc2F)c2ccc(OC)c(OC)c2)c1. The van der Waals surface area contributed by atoms with Gasteiger partial charge in [0.15, 0.2) is 21.3 Å². The van der Waals surface area contributed by atoms with Crippen LogP contribution in [0.3, 0.4) is 0 Å². The molecule has 0 unspecified atom stereocenters. The Morgan fingerprint density at radius 1 is 0.978 bits per heavy atom. The third-order valence-corrected chi connectivity index (χ3v) is 8.52. The van der Waals surface area contributed by atoms with Gasteiger partial charge in [-0.2, -0.15) is 0 Å². The van der Waals surface area contributed by atoms with Gasteiger partial charge in [0.25, 0.3) is 5.91 Å². The minimum Gasteiger partial charge on any atom is -0.493 e. The lowest BCUT2D eigenvalue weighted by Gasteiger charge is -2.31. The molecule has 1 aliphatic rings. The second-order valence-electron chi connectivity index (χ2n) is 10.2. The standard InChI is InChI=1S/C30H32F2N4O8S/c1-42-24-9-7-16(12-25(24)43-2)27(35-22-14-18(28(33)37)20(31)15-21(22)32)29(38)36-11-5-6-23(36)19-13-17(34-30(39)44-3)8-10-26(19)45(4,40)41/h7-10,12-15,23,27,35H,5-6,11H2,1-4H3,(H2,33,37)(H,34,39)/t23-,27+/m1/s1. The van der Waals surface area contributed by atoms with Crippen molar-refractivity contribution in [1.29, 1.82) is 0 Å². The van der Waals surface area contributed by atoms with Crippen LogP contribution in [-0.4, -0.2) is 65.4 Å². The van der Waals surface area contributed by atoms with E-state index in [0.29, 0.717) is 24.7 Å². The molecule has 3 amide bonds. The molecule has 1 fully saturated rings.